The Kier molecular flexibility index (Phi) is 4.16. The van der Waals surface area contributed by atoms with Crippen LogP contribution in [0, 0.1) is 0 Å². The average Bonchev–Trinajstić information content (AvgIpc) is 2.77. The molecule has 1 unspecified atom stereocenters. The van der Waals surface area contributed by atoms with E-state index in [4.69, 9.17) is 10.9 Å². The van der Waals surface area contributed by atoms with Crippen LogP contribution in [-0.2, 0) is 0 Å². The SMILES string of the molecule is CC(CCO)Sc1nc(NN)nc2sccc12. The average molecular weight is 270 g/mol. The van der Waals surface area contributed by atoms with Gasteiger partial charge in [-0.05, 0) is 17.9 Å². The highest BCUT2D eigenvalue weighted by atomic mass is 32.2. The first-order valence-electron chi connectivity index (χ1n) is 5.24. The van der Waals surface area contributed by atoms with Crippen LogP contribution in [0.15, 0.2) is 16.5 Å². The van der Waals surface area contributed by atoms with E-state index >= 15 is 0 Å². The molecule has 0 spiro atoms. The first-order chi connectivity index (χ1) is 8.24. The van der Waals surface area contributed by atoms with Crippen molar-refractivity contribution in [3.63, 3.8) is 0 Å². The Morgan fingerprint density at radius 3 is 3.12 bits per heavy atom. The lowest BCUT2D eigenvalue weighted by molar-refractivity contribution is 0.289. The second kappa shape index (κ2) is 5.63. The van der Waals surface area contributed by atoms with Crippen LogP contribution in [0.25, 0.3) is 10.2 Å². The minimum atomic E-state index is 0.189. The van der Waals surface area contributed by atoms with E-state index in [0.29, 0.717) is 11.2 Å². The van der Waals surface area contributed by atoms with Crippen molar-refractivity contribution in [2.75, 3.05) is 12.0 Å². The summed E-state index contributed by atoms with van der Waals surface area (Å²) in [6, 6.07) is 2.01. The van der Waals surface area contributed by atoms with Gasteiger partial charge >= 0.3 is 0 Å². The molecule has 0 radical (unpaired) electrons. The maximum atomic E-state index is 8.91. The Balaban J connectivity index is 2.33. The van der Waals surface area contributed by atoms with Gasteiger partial charge in [0.2, 0.25) is 5.95 Å². The van der Waals surface area contributed by atoms with Crippen molar-refractivity contribution in [2.45, 2.75) is 23.6 Å². The molecule has 2 heterocycles. The number of anilines is 1. The summed E-state index contributed by atoms with van der Waals surface area (Å²) in [4.78, 5) is 9.55. The third-order valence-corrected chi connectivity index (χ3v) is 4.25. The fourth-order valence-corrected chi connectivity index (χ4v) is 3.28. The second-order valence-electron chi connectivity index (χ2n) is 3.58. The first kappa shape index (κ1) is 12.6. The zero-order chi connectivity index (χ0) is 12.3. The summed E-state index contributed by atoms with van der Waals surface area (Å²) in [6.07, 6.45) is 0.742. The van der Waals surface area contributed by atoms with Gasteiger partial charge in [-0.25, -0.2) is 15.8 Å². The summed E-state index contributed by atoms with van der Waals surface area (Å²) in [5.74, 6) is 5.78. The van der Waals surface area contributed by atoms with Gasteiger partial charge in [0.05, 0.1) is 0 Å². The molecule has 5 nitrogen and oxygen atoms in total. The number of hydrogen-bond acceptors (Lipinski definition) is 7. The number of rotatable bonds is 5. The number of aliphatic hydroxyl groups excluding tert-OH is 1. The summed E-state index contributed by atoms with van der Waals surface area (Å²) in [6.45, 7) is 2.25. The van der Waals surface area contributed by atoms with E-state index in [1.54, 1.807) is 23.1 Å². The molecule has 4 N–H and O–H groups in total. The third kappa shape index (κ3) is 2.86. The van der Waals surface area contributed by atoms with Crippen molar-refractivity contribution in [1.29, 1.82) is 0 Å². The Hall–Kier alpha value is -0.890. The number of thiophene rings is 1. The van der Waals surface area contributed by atoms with Crippen LogP contribution >= 0.6 is 23.1 Å². The van der Waals surface area contributed by atoms with Crippen LogP contribution in [0.3, 0.4) is 0 Å². The van der Waals surface area contributed by atoms with Crippen LogP contribution in [0.5, 0.6) is 0 Å². The zero-order valence-corrected chi connectivity index (χ0v) is 11.0. The molecule has 2 rings (SSSR count). The lowest BCUT2D eigenvalue weighted by Crippen LogP contribution is -2.11. The van der Waals surface area contributed by atoms with Crippen molar-refractivity contribution < 1.29 is 5.11 Å². The van der Waals surface area contributed by atoms with Gasteiger partial charge in [0, 0.05) is 17.2 Å². The highest BCUT2D eigenvalue weighted by Crippen LogP contribution is 2.32. The Labute approximate surface area is 107 Å². The summed E-state index contributed by atoms with van der Waals surface area (Å²) >= 11 is 3.19. The van der Waals surface area contributed by atoms with E-state index in [-0.39, 0.29) is 6.61 Å². The van der Waals surface area contributed by atoms with Crippen LogP contribution in [0.1, 0.15) is 13.3 Å². The van der Waals surface area contributed by atoms with Crippen LogP contribution in [0.2, 0.25) is 0 Å². The second-order valence-corrected chi connectivity index (χ2v) is 5.90. The molecule has 0 aliphatic rings. The van der Waals surface area contributed by atoms with Gasteiger partial charge < -0.3 is 5.11 Å². The molecule has 0 saturated carbocycles. The maximum Gasteiger partial charge on any atom is 0.239 e. The smallest absolute Gasteiger partial charge is 0.239 e. The minimum Gasteiger partial charge on any atom is -0.396 e. The molecule has 17 heavy (non-hydrogen) atoms. The molecule has 1 atom stereocenters. The van der Waals surface area contributed by atoms with Gasteiger partial charge in [-0.15, -0.1) is 23.1 Å². The number of aliphatic hydroxyl groups is 1. The molecule has 2 aromatic heterocycles. The van der Waals surface area contributed by atoms with E-state index in [9.17, 15) is 0 Å². The van der Waals surface area contributed by atoms with Crippen LogP contribution < -0.4 is 11.3 Å². The van der Waals surface area contributed by atoms with Crippen LogP contribution in [-0.4, -0.2) is 26.9 Å². The van der Waals surface area contributed by atoms with Crippen molar-refractivity contribution in [2.24, 2.45) is 5.84 Å². The quantitative estimate of drug-likeness (QED) is 0.333. The monoisotopic (exact) mass is 270 g/mol. The minimum absolute atomic E-state index is 0.189. The number of aromatic nitrogens is 2. The summed E-state index contributed by atoms with van der Waals surface area (Å²) in [5, 5.41) is 13.2. The number of hydrazine groups is 1. The predicted octanol–water partition coefficient (Wildman–Crippen LogP) is 1.84. The topological polar surface area (TPSA) is 84.1 Å². The number of hydrogen-bond donors (Lipinski definition) is 3. The molecule has 0 aliphatic heterocycles. The highest BCUT2D eigenvalue weighted by molar-refractivity contribution is 8.00. The van der Waals surface area contributed by atoms with Gasteiger partial charge in [-0.1, -0.05) is 6.92 Å². The van der Waals surface area contributed by atoms with E-state index in [0.717, 1.165) is 21.7 Å². The fraction of sp³-hybridized carbons (Fsp3) is 0.400. The summed E-state index contributed by atoms with van der Waals surface area (Å²) < 4.78 is 0. The van der Waals surface area contributed by atoms with E-state index in [2.05, 4.69) is 22.3 Å². The lowest BCUT2D eigenvalue weighted by atomic mass is 10.3. The van der Waals surface area contributed by atoms with Crippen molar-refractivity contribution >= 4 is 39.3 Å². The van der Waals surface area contributed by atoms with Gasteiger partial charge in [0.15, 0.2) is 0 Å². The number of fused-ring (bicyclic) bond motifs is 1. The Morgan fingerprint density at radius 1 is 1.59 bits per heavy atom. The van der Waals surface area contributed by atoms with Gasteiger partial charge in [0.25, 0.3) is 0 Å². The molecule has 2 aromatic rings. The summed E-state index contributed by atoms with van der Waals surface area (Å²) in [5.41, 5.74) is 2.48. The molecule has 0 aliphatic carbocycles. The summed E-state index contributed by atoms with van der Waals surface area (Å²) in [7, 11) is 0. The molecule has 0 amide bonds. The van der Waals surface area contributed by atoms with Gasteiger partial charge in [-0.2, -0.15) is 0 Å². The predicted molar refractivity (Wildman–Crippen MR) is 72.2 cm³/mol. The fourth-order valence-electron chi connectivity index (χ4n) is 1.41. The molecule has 7 heteroatoms. The zero-order valence-electron chi connectivity index (χ0n) is 9.38. The molecular weight excluding hydrogens is 256 g/mol. The lowest BCUT2D eigenvalue weighted by Gasteiger charge is -2.10. The maximum absolute atomic E-state index is 8.91. The van der Waals surface area contributed by atoms with E-state index in [1.807, 2.05) is 11.4 Å². The molecule has 92 valence electrons. The molecule has 0 aromatic carbocycles. The standard InChI is InChI=1S/C10H14N4OS2/c1-6(2-4-15)17-9-7-3-5-16-8(7)12-10(13-9)14-11/h3,5-6,15H,2,4,11H2,1H3,(H,12,13,14). The van der Waals surface area contributed by atoms with E-state index < -0.39 is 0 Å². The van der Waals surface area contributed by atoms with Crippen molar-refractivity contribution in [1.82, 2.24) is 9.97 Å². The highest BCUT2D eigenvalue weighted by Gasteiger charge is 2.12. The first-order valence-corrected chi connectivity index (χ1v) is 7.00. The van der Waals surface area contributed by atoms with E-state index in [1.165, 1.54) is 0 Å². The van der Waals surface area contributed by atoms with Crippen molar-refractivity contribution in [3.05, 3.63) is 11.4 Å². The number of nitrogens with two attached hydrogens (primary N) is 1. The third-order valence-electron chi connectivity index (χ3n) is 2.27. The number of nitrogens with one attached hydrogen (secondary N) is 1. The van der Waals surface area contributed by atoms with Gasteiger partial charge in [0.1, 0.15) is 9.86 Å². The molecule has 0 saturated heterocycles. The molecule has 0 fully saturated rings. The normalized spacial score (nSPS) is 12.9. The van der Waals surface area contributed by atoms with Crippen molar-refractivity contribution in [3.8, 4) is 0 Å². The molecule has 0 bridgehead atoms. The van der Waals surface area contributed by atoms with Crippen LogP contribution in [0.4, 0.5) is 5.95 Å². The Morgan fingerprint density at radius 2 is 2.41 bits per heavy atom. The van der Waals surface area contributed by atoms with Gasteiger partial charge in [-0.3, -0.25) is 5.43 Å². The largest absolute Gasteiger partial charge is 0.396 e. The number of nitrogen functional groups attached to an aromatic ring is 1. The number of nitrogens with zero attached hydrogens (tertiary/aromatic N) is 2. The Bertz CT molecular complexity index is 502. The molecular formula is C10H14N4OS2. The number of thioether (sulfide) groups is 1.